The molecule has 2 aromatic heterocycles. The number of anilines is 1. The fourth-order valence-corrected chi connectivity index (χ4v) is 5.52. The second kappa shape index (κ2) is 7.67. The van der Waals surface area contributed by atoms with Gasteiger partial charge in [-0.25, -0.2) is 0 Å². The molecule has 0 bridgehead atoms. The molecule has 1 amide bonds. The van der Waals surface area contributed by atoms with Gasteiger partial charge in [-0.3, -0.25) is 9.59 Å². The van der Waals surface area contributed by atoms with Crippen molar-refractivity contribution in [2.24, 2.45) is 0 Å². The highest BCUT2D eigenvalue weighted by molar-refractivity contribution is 9.10. The summed E-state index contributed by atoms with van der Waals surface area (Å²) in [7, 11) is 0. The highest BCUT2D eigenvalue weighted by Gasteiger charge is 2.34. The zero-order chi connectivity index (χ0) is 22.7. The molecule has 4 heterocycles. The Labute approximate surface area is 200 Å². The molecule has 1 atom stereocenters. The summed E-state index contributed by atoms with van der Waals surface area (Å²) in [6.07, 6.45) is 0.289. The predicted octanol–water partition coefficient (Wildman–Crippen LogP) is 3.10. The van der Waals surface area contributed by atoms with Crippen molar-refractivity contribution in [3.05, 3.63) is 73.2 Å². The number of nitrogens with zero attached hydrogens (tertiary/aromatic N) is 4. The maximum absolute atomic E-state index is 13.3. The first-order valence-corrected chi connectivity index (χ1v) is 12.1. The van der Waals surface area contributed by atoms with Crippen molar-refractivity contribution in [1.82, 2.24) is 14.6 Å². The molecule has 8 nitrogen and oxygen atoms in total. The number of rotatable bonds is 3. The summed E-state index contributed by atoms with van der Waals surface area (Å²) in [5.41, 5.74) is 1.59. The van der Waals surface area contributed by atoms with Crippen molar-refractivity contribution in [3.8, 4) is 11.5 Å². The molecule has 4 aromatic rings. The third-order valence-electron chi connectivity index (χ3n) is 5.62. The van der Waals surface area contributed by atoms with Crippen LogP contribution in [0.15, 0.2) is 51.7 Å². The summed E-state index contributed by atoms with van der Waals surface area (Å²) in [4.78, 5) is 33.3. The summed E-state index contributed by atoms with van der Waals surface area (Å²) in [6, 6.07) is 13.1. The van der Waals surface area contributed by atoms with Crippen LogP contribution in [0.25, 0.3) is 10.5 Å². The molecule has 0 spiro atoms. The summed E-state index contributed by atoms with van der Waals surface area (Å²) in [6.45, 7) is 2.85. The molecular formula is C23H17BrN4O4S. The van der Waals surface area contributed by atoms with E-state index in [2.05, 4.69) is 26.0 Å². The van der Waals surface area contributed by atoms with E-state index in [0.717, 1.165) is 22.1 Å². The first kappa shape index (κ1) is 20.4. The van der Waals surface area contributed by atoms with Gasteiger partial charge in [0, 0.05) is 16.6 Å². The topological polar surface area (TPSA) is 86.0 Å². The molecule has 0 N–H and O–H groups in total. The molecule has 33 heavy (non-hydrogen) atoms. The van der Waals surface area contributed by atoms with Crippen LogP contribution in [0, 0.1) is 0 Å². The number of amides is 1. The Morgan fingerprint density at radius 3 is 2.79 bits per heavy atom. The third-order valence-corrected chi connectivity index (χ3v) is 7.15. The fourth-order valence-electron chi connectivity index (χ4n) is 4.15. The van der Waals surface area contributed by atoms with Crippen LogP contribution in [0.1, 0.15) is 30.8 Å². The molecule has 6 rings (SSSR count). The van der Waals surface area contributed by atoms with Crippen molar-refractivity contribution in [1.29, 1.82) is 0 Å². The summed E-state index contributed by atoms with van der Waals surface area (Å²) < 4.78 is 14.2. The van der Waals surface area contributed by atoms with Gasteiger partial charge in [-0.1, -0.05) is 46.3 Å². The van der Waals surface area contributed by atoms with Crippen LogP contribution in [0.5, 0.6) is 11.5 Å². The van der Waals surface area contributed by atoms with E-state index in [9.17, 15) is 9.59 Å². The molecule has 0 saturated carbocycles. The van der Waals surface area contributed by atoms with E-state index in [4.69, 9.17) is 9.47 Å². The molecule has 2 aliphatic heterocycles. The number of fused-ring (bicyclic) bond motifs is 3. The second-order valence-electron chi connectivity index (χ2n) is 7.76. The molecule has 1 unspecified atom stereocenters. The van der Waals surface area contributed by atoms with Gasteiger partial charge in [-0.05, 0) is 36.8 Å². The van der Waals surface area contributed by atoms with Crippen molar-refractivity contribution in [3.63, 3.8) is 0 Å². The minimum atomic E-state index is -0.521. The fraction of sp³-hybridized carbons (Fsp3) is 0.217. The first-order valence-electron chi connectivity index (χ1n) is 10.5. The molecule has 0 fully saturated rings. The van der Waals surface area contributed by atoms with Crippen LogP contribution in [-0.2, 0) is 4.79 Å². The molecular weight excluding hydrogens is 508 g/mol. The zero-order valence-electron chi connectivity index (χ0n) is 17.4. The number of halogens is 1. The minimum Gasteiger partial charge on any atom is -0.485 e. The van der Waals surface area contributed by atoms with Gasteiger partial charge in [0.05, 0.1) is 11.3 Å². The van der Waals surface area contributed by atoms with E-state index in [1.807, 2.05) is 49.4 Å². The van der Waals surface area contributed by atoms with Gasteiger partial charge in [-0.15, -0.1) is 5.10 Å². The number of hydrogen-bond acceptors (Lipinski definition) is 7. The van der Waals surface area contributed by atoms with Crippen LogP contribution < -0.4 is 24.5 Å². The number of ether oxygens (including phenoxy) is 2. The maximum atomic E-state index is 13.3. The van der Waals surface area contributed by atoms with Crippen molar-refractivity contribution >= 4 is 49.4 Å². The van der Waals surface area contributed by atoms with E-state index in [1.54, 1.807) is 4.90 Å². The Kier molecular flexibility index (Phi) is 4.73. The van der Waals surface area contributed by atoms with Gasteiger partial charge in [0.25, 0.3) is 11.5 Å². The van der Waals surface area contributed by atoms with Crippen LogP contribution in [0.3, 0.4) is 0 Å². The van der Waals surface area contributed by atoms with E-state index in [1.165, 1.54) is 15.9 Å². The Morgan fingerprint density at radius 2 is 2.00 bits per heavy atom. The van der Waals surface area contributed by atoms with Crippen LogP contribution >= 0.6 is 27.3 Å². The number of carbonyl (C=O) groups excluding carboxylic acids is 1. The number of benzene rings is 2. The molecule has 0 radical (unpaired) electrons. The molecule has 166 valence electrons. The number of para-hydroxylation sites is 2. The largest absolute Gasteiger partial charge is 0.485 e. The highest BCUT2D eigenvalue weighted by atomic mass is 79.9. The number of aromatic nitrogens is 3. The SMILES string of the molecule is CCCN1C(=O)/C(=c2\sc3nc(C4COc5ccccc5O4)nn3c2=O)c2cc(Br)ccc21. The summed E-state index contributed by atoms with van der Waals surface area (Å²) in [5.74, 6) is 1.48. The van der Waals surface area contributed by atoms with Crippen LogP contribution in [0.4, 0.5) is 5.69 Å². The monoisotopic (exact) mass is 524 g/mol. The molecule has 0 saturated heterocycles. The molecule has 2 aliphatic rings. The maximum Gasteiger partial charge on any atom is 0.291 e. The van der Waals surface area contributed by atoms with Gasteiger partial charge in [0.2, 0.25) is 4.96 Å². The Balaban J connectivity index is 1.46. The minimum absolute atomic E-state index is 0.174. The lowest BCUT2D eigenvalue weighted by Crippen LogP contribution is -2.33. The Bertz CT molecular complexity index is 1550. The number of hydrogen-bond donors (Lipinski definition) is 0. The van der Waals surface area contributed by atoms with Gasteiger partial charge in [0.15, 0.2) is 23.4 Å². The Hall–Kier alpha value is -3.24. The Morgan fingerprint density at radius 1 is 1.18 bits per heavy atom. The van der Waals surface area contributed by atoms with Crippen molar-refractivity contribution in [2.45, 2.75) is 19.4 Å². The van der Waals surface area contributed by atoms with E-state index < -0.39 is 6.10 Å². The van der Waals surface area contributed by atoms with E-state index >= 15 is 0 Å². The van der Waals surface area contributed by atoms with E-state index in [0.29, 0.717) is 38.9 Å². The quantitative estimate of drug-likeness (QED) is 0.409. The van der Waals surface area contributed by atoms with Crippen molar-refractivity contribution < 1.29 is 14.3 Å². The average Bonchev–Trinajstić information content (AvgIpc) is 3.45. The lowest BCUT2D eigenvalue weighted by molar-refractivity contribution is -0.113. The molecule has 2 aromatic carbocycles. The van der Waals surface area contributed by atoms with Crippen molar-refractivity contribution in [2.75, 3.05) is 18.1 Å². The smallest absolute Gasteiger partial charge is 0.291 e. The van der Waals surface area contributed by atoms with Gasteiger partial charge >= 0.3 is 0 Å². The summed E-state index contributed by atoms with van der Waals surface area (Å²) >= 11 is 4.65. The van der Waals surface area contributed by atoms with E-state index in [-0.39, 0.29) is 18.1 Å². The van der Waals surface area contributed by atoms with Crippen LogP contribution in [0.2, 0.25) is 0 Å². The summed E-state index contributed by atoms with van der Waals surface area (Å²) in [5, 5.41) is 4.41. The molecule has 10 heteroatoms. The molecule has 0 aliphatic carbocycles. The lowest BCUT2D eigenvalue weighted by atomic mass is 10.1. The zero-order valence-corrected chi connectivity index (χ0v) is 19.9. The standard InChI is InChI=1S/C23H17BrN4O4S/c1-2-9-27-14-8-7-12(24)10-13(14)18(21(27)29)19-22(30)28-23(33-19)25-20(26-28)17-11-31-15-5-3-4-6-16(15)32-17/h3-8,10,17H,2,9,11H2,1H3/b19-18-. The first-order chi connectivity index (χ1) is 16.0. The normalized spacial score (nSPS) is 18.8. The third kappa shape index (κ3) is 3.16. The predicted molar refractivity (Wildman–Crippen MR) is 127 cm³/mol. The number of thiazole rings is 1. The van der Waals surface area contributed by atoms with Gasteiger partial charge in [0.1, 0.15) is 11.1 Å². The van der Waals surface area contributed by atoms with Gasteiger partial charge < -0.3 is 14.4 Å². The van der Waals surface area contributed by atoms with Crippen LogP contribution in [-0.4, -0.2) is 33.7 Å². The van der Waals surface area contributed by atoms with Gasteiger partial charge in [-0.2, -0.15) is 9.50 Å². The lowest BCUT2D eigenvalue weighted by Gasteiger charge is -2.24. The second-order valence-corrected chi connectivity index (χ2v) is 9.65. The highest BCUT2D eigenvalue weighted by Crippen LogP contribution is 2.38. The average molecular weight is 525 g/mol. The number of carbonyl (C=O) groups is 1.